The van der Waals surface area contributed by atoms with E-state index >= 15 is 0 Å². The number of rotatable bonds is 0. The minimum Gasteiger partial charge on any atom is -0.459 e. The number of ether oxygens (including phenoxy) is 1. The van der Waals surface area contributed by atoms with Crippen molar-refractivity contribution in [3.05, 3.63) is 11.6 Å². The lowest BCUT2D eigenvalue weighted by Gasteiger charge is -2.50. The second kappa shape index (κ2) is 4.94. The molecular formula is C20H26O3. The third-order valence-corrected chi connectivity index (χ3v) is 7.88. The Morgan fingerprint density at radius 1 is 0.870 bits per heavy atom. The molecule has 0 aromatic heterocycles. The lowest BCUT2D eigenvalue weighted by atomic mass is 9.55. The van der Waals surface area contributed by atoms with E-state index in [4.69, 9.17) is 4.74 Å². The van der Waals surface area contributed by atoms with Gasteiger partial charge in [0, 0.05) is 18.8 Å². The fourth-order valence-electron chi connectivity index (χ4n) is 7.04. The van der Waals surface area contributed by atoms with Crippen molar-refractivity contribution in [1.82, 2.24) is 0 Å². The van der Waals surface area contributed by atoms with E-state index in [1.807, 2.05) is 6.08 Å². The van der Waals surface area contributed by atoms with Crippen LogP contribution in [0.1, 0.15) is 64.2 Å². The standard InChI is InChI=1S/C20H26O3/c21-13-2-4-14-12(11-13)1-3-16-15(14)5-6-18-17(16)7-9-20(18)10-8-19(22)23-20/h11,14-18H,1-10H2. The van der Waals surface area contributed by atoms with Gasteiger partial charge in [0.2, 0.25) is 0 Å². The minimum absolute atomic E-state index is 0.0347. The van der Waals surface area contributed by atoms with E-state index in [-0.39, 0.29) is 11.6 Å². The first kappa shape index (κ1) is 14.2. The average Bonchev–Trinajstić information content (AvgIpc) is 3.11. The second-order valence-electron chi connectivity index (χ2n) is 8.62. The Morgan fingerprint density at radius 3 is 2.61 bits per heavy atom. The van der Waals surface area contributed by atoms with Crippen LogP contribution in [-0.4, -0.2) is 17.4 Å². The number of carbonyl (C=O) groups is 2. The predicted octanol–water partition coefficient (Wildman–Crippen LogP) is 3.81. The number of allylic oxidation sites excluding steroid dienone is 1. The summed E-state index contributed by atoms with van der Waals surface area (Å²) in [7, 11) is 0. The van der Waals surface area contributed by atoms with E-state index in [1.165, 1.54) is 31.3 Å². The molecule has 3 heteroatoms. The van der Waals surface area contributed by atoms with Crippen LogP contribution in [0.4, 0.5) is 0 Å². The first-order valence-corrected chi connectivity index (χ1v) is 9.61. The van der Waals surface area contributed by atoms with Gasteiger partial charge in [0.05, 0.1) is 0 Å². The van der Waals surface area contributed by atoms with Crippen LogP contribution in [0.3, 0.4) is 0 Å². The second-order valence-corrected chi connectivity index (χ2v) is 8.62. The molecule has 0 N–H and O–H groups in total. The molecule has 6 atom stereocenters. The molecule has 1 spiro atoms. The molecule has 4 fully saturated rings. The van der Waals surface area contributed by atoms with Crippen molar-refractivity contribution >= 4 is 11.8 Å². The lowest BCUT2D eigenvalue weighted by molar-refractivity contribution is -0.154. The first-order valence-electron chi connectivity index (χ1n) is 9.61. The molecule has 1 heterocycles. The van der Waals surface area contributed by atoms with Crippen LogP contribution in [0.15, 0.2) is 11.6 Å². The van der Waals surface area contributed by atoms with Gasteiger partial charge in [-0.1, -0.05) is 5.57 Å². The fourth-order valence-corrected chi connectivity index (χ4v) is 7.04. The fraction of sp³-hybridized carbons (Fsp3) is 0.800. The summed E-state index contributed by atoms with van der Waals surface area (Å²) in [5, 5.41) is 0. The highest BCUT2D eigenvalue weighted by molar-refractivity contribution is 5.91. The summed E-state index contributed by atoms with van der Waals surface area (Å²) in [6, 6.07) is 0. The molecule has 124 valence electrons. The molecule has 23 heavy (non-hydrogen) atoms. The van der Waals surface area contributed by atoms with Gasteiger partial charge in [0.15, 0.2) is 5.78 Å². The summed E-state index contributed by atoms with van der Waals surface area (Å²) in [4.78, 5) is 23.5. The van der Waals surface area contributed by atoms with E-state index < -0.39 is 0 Å². The number of fused-ring (bicyclic) bond motifs is 6. The molecule has 1 saturated heterocycles. The van der Waals surface area contributed by atoms with E-state index in [0.717, 1.165) is 49.9 Å². The maximum Gasteiger partial charge on any atom is 0.306 e. The van der Waals surface area contributed by atoms with Gasteiger partial charge in [0.1, 0.15) is 5.60 Å². The highest BCUT2D eigenvalue weighted by Gasteiger charge is 2.59. The highest BCUT2D eigenvalue weighted by atomic mass is 16.6. The maximum atomic E-state index is 11.7. The van der Waals surface area contributed by atoms with Crippen LogP contribution in [0.25, 0.3) is 0 Å². The molecule has 6 unspecified atom stereocenters. The summed E-state index contributed by atoms with van der Waals surface area (Å²) < 4.78 is 5.88. The monoisotopic (exact) mass is 314 g/mol. The average molecular weight is 314 g/mol. The third kappa shape index (κ3) is 2.01. The van der Waals surface area contributed by atoms with Crippen LogP contribution in [0, 0.1) is 29.6 Å². The molecule has 3 nitrogen and oxygen atoms in total. The number of ketones is 1. The highest BCUT2D eigenvalue weighted by Crippen LogP contribution is 2.61. The molecule has 0 amide bonds. The van der Waals surface area contributed by atoms with E-state index in [9.17, 15) is 9.59 Å². The summed E-state index contributed by atoms with van der Waals surface area (Å²) in [6.07, 6.45) is 12.7. The molecule has 5 rings (SSSR count). The van der Waals surface area contributed by atoms with Crippen LogP contribution >= 0.6 is 0 Å². The van der Waals surface area contributed by atoms with Crippen molar-refractivity contribution < 1.29 is 14.3 Å². The van der Waals surface area contributed by atoms with Crippen molar-refractivity contribution in [1.29, 1.82) is 0 Å². The van der Waals surface area contributed by atoms with E-state index in [2.05, 4.69) is 0 Å². The Balaban J connectivity index is 1.41. The van der Waals surface area contributed by atoms with E-state index in [1.54, 1.807) is 0 Å². The van der Waals surface area contributed by atoms with Crippen molar-refractivity contribution in [3.8, 4) is 0 Å². The summed E-state index contributed by atoms with van der Waals surface area (Å²) in [6.45, 7) is 0. The Labute approximate surface area is 137 Å². The number of esters is 1. The van der Waals surface area contributed by atoms with Gasteiger partial charge in [-0.15, -0.1) is 0 Å². The Kier molecular flexibility index (Phi) is 3.06. The zero-order chi connectivity index (χ0) is 15.6. The molecule has 0 radical (unpaired) electrons. The zero-order valence-corrected chi connectivity index (χ0v) is 13.8. The molecule has 4 aliphatic carbocycles. The minimum atomic E-state index is -0.0919. The molecule has 0 bridgehead atoms. The largest absolute Gasteiger partial charge is 0.459 e. The Hall–Kier alpha value is -1.12. The van der Waals surface area contributed by atoms with Crippen LogP contribution in [0.2, 0.25) is 0 Å². The van der Waals surface area contributed by atoms with Crippen LogP contribution < -0.4 is 0 Å². The van der Waals surface area contributed by atoms with Crippen molar-refractivity contribution in [3.63, 3.8) is 0 Å². The zero-order valence-electron chi connectivity index (χ0n) is 13.8. The predicted molar refractivity (Wildman–Crippen MR) is 85.5 cm³/mol. The Bertz CT molecular complexity index is 592. The summed E-state index contributed by atoms with van der Waals surface area (Å²) >= 11 is 0. The van der Waals surface area contributed by atoms with Gasteiger partial charge in [-0.2, -0.15) is 0 Å². The number of hydrogen-bond acceptors (Lipinski definition) is 3. The van der Waals surface area contributed by atoms with Gasteiger partial charge in [0.25, 0.3) is 0 Å². The normalized spacial score (nSPS) is 48.5. The third-order valence-electron chi connectivity index (χ3n) is 7.88. The van der Waals surface area contributed by atoms with Gasteiger partial charge >= 0.3 is 5.97 Å². The topological polar surface area (TPSA) is 43.4 Å². The first-order chi connectivity index (χ1) is 11.2. The Morgan fingerprint density at radius 2 is 1.78 bits per heavy atom. The van der Waals surface area contributed by atoms with Gasteiger partial charge in [-0.3, -0.25) is 9.59 Å². The smallest absolute Gasteiger partial charge is 0.306 e. The van der Waals surface area contributed by atoms with Gasteiger partial charge in [-0.25, -0.2) is 0 Å². The molecule has 0 aromatic carbocycles. The summed E-state index contributed by atoms with van der Waals surface area (Å²) in [5.74, 6) is 4.03. The molecule has 5 aliphatic rings. The van der Waals surface area contributed by atoms with Gasteiger partial charge < -0.3 is 4.74 Å². The van der Waals surface area contributed by atoms with E-state index in [0.29, 0.717) is 24.0 Å². The molecular weight excluding hydrogens is 288 g/mol. The van der Waals surface area contributed by atoms with Crippen molar-refractivity contribution in [2.45, 2.75) is 69.8 Å². The quantitative estimate of drug-likeness (QED) is 0.639. The van der Waals surface area contributed by atoms with Crippen LogP contribution in [0.5, 0.6) is 0 Å². The van der Waals surface area contributed by atoms with Crippen LogP contribution in [-0.2, 0) is 14.3 Å². The number of carbonyl (C=O) groups excluding carboxylic acids is 2. The maximum absolute atomic E-state index is 11.7. The molecule has 0 aromatic rings. The lowest BCUT2D eigenvalue weighted by Crippen LogP contribution is -2.45. The molecule has 3 saturated carbocycles. The molecule has 1 aliphatic heterocycles. The van der Waals surface area contributed by atoms with Crippen molar-refractivity contribution in [2.24, 2.45) is 29.6 Å². The summed E-state index contributed by atoms with van der Waals surface area (Å²) in [5.41, 5.74) is 1.37. The van der Waals surface area contributed by atoms with Crippen molar-refractivity contribution in [2.75, 3.05) is 0 Å². The van der Waals surface area contributed by atoms with Gasteiger partial charge in [-0.05, 0) is 81.1 Å². The number of hydrogen-bond donors (Lipinski definition) is 0. The SMILES string of the molecule is O=C1C=C2CCC3C(CCC4C3CCC43CCC(=O)O3)C2CC1.